The van der Waals surface area contributed by atoms with Crippen molar-refractivity contribution < 1.29 is 19.4 Å². The third-order valence-electron chi connectivity index (χ3n) is 6.93. The predicted octanol–water partition coefficient (Wildman–Crippen LogP) is 5.37. The van der Waals surface area contributed by atoms with Crippen molar-refractivity contribution >= 4 is 17.4 Å². The Kier molecular flexibility index (Phi) is 6.09. The lowest BCUT2D eigenvalue weighted by atomic mass is 9.89. The van der Waals surface area contributed by atoms with Crippen molar-refractivity contribution in [1.29, 1.82) is 0 Å². The number of ketones is 1. The number of benzene rings is 2. The number of carbonyl (C=O) groups is 2. The van der Waals surface area contributed by atoms with Crippen molar-refractivity contribution in [1.82, 2.24) is 4.90 Å². The molecular weight excluding hydrogens is 402 g/mol. The largest absolute Gasteiger partial charge is 0.507 e. The van der Waals surface area contributed by atoms with Gasteiger partial charge in [0.15, 0.2) is 0 Å². The van der Waals surface area contributed by atoms with Crippen LogP contribution in [0.15, 0.2) is 42.0 Å². The van der Waals surface area contributed by atoms with E-state index in [2.05, 4.69) is 0 Å². The molecule has 1 aliphatic carbocycles. The smallest absolute Gasteiger partial charge is 0.295 e. The maximum Gasteiger partial charge on any atom is 0.295 e. The SMILES string of the molecule is COc1cc(C)c(/C(O)=C2\C(=O)C(=O)N(C3CCCCC3)C2c2ccccc2C)cc1C. The number of rotatable bonds is 4. The van der Waals surface area contributed by atoms with Crippen molar-refractivity contribution in [3.05, 3.63) is 69.8 Å². The highest BCUT2D eigenvalue weighted by Gasteiger charge is 2.49. The molecule has 1 unspecified atom stereocenters. The van der Waals surface area contributed by atoms with Crippen molar-refractivity contribution in [2.75, 3.05) is 7.11 Å². The van der Waals surface area contributed by atoms with Gasteiger partial charge in [0.25, 0.3) is 11.7 Å². The Hall–Kier alpha value is -3.08. The zero-order chi connectivity index (χ0) is 23.0. The van der Waals surface area contributed by atoms with Crippen LogP contribution in [0.4, 0.5) is 0 Å². The van der Waals surface area contributed by atoms with Gasteiger partial charge in [0.2, 0.25) is 0 Å². The van der Waals surface area contributed by atoms with Gasteiger partial charge in [-0.1, -0.05) is 43.5 Å². The summed E-state index contributed by atoms with van der Waals surface area (Å²) in [5, 5.41) is 11.5. The number of likely N-dealkylation sites (tertiary alicyclic amines) is 1. The number of amides is 1. The first-order valence-electron chi connectivity index (χ1n) is 11.4. The second-order valence-corrected chi connectivity index (χ2v) is 8.99. The molecule has 2 fully saturated rings. The summed E-state index contributed by atoms with van der Waals surface area (Å²) in [6.07, 6.45) is 5.02. The third-order valence-corrected chi connectivity index (χ3v) is 6.93. The zero-order valence-corrected chi connectivity index (χ0v) is 19.3. The number of aliphatic hydroxyl groups excluding tert-OH is 1. The van der Waals surface area contributed by atoms with E-state index in [0.29, 0.717) is 5.56 Å². The Morgan fingerprint density at radius 2 is 1.66 bits per heavy atom. The van der Waals surface area contributed by atoms with E-state index in [-0.39, 0.29) is 17.4 Å². The van der Waals surface area contributed by atoms with Gasteiger partial charge in [-0.25, -0.2) is 0 Å². The van der Waals surface area contributed by atoms with E-state index in [9.17, 15) is 14.7 Å². The van der Waals surface area contributed by atoms with Crippen LogP contribution in [0.5, 0.6) is 5.75 Å². The minimum Gasteiger partial charge on any atom is -0.507 e. The summed E-state index contributed by atoms with van der Waals surface area (Å²) in [7, 11) is 1.61. The van der Waals surface area contributed by atoms with Crippen LogP contribution in [-0.2, 0) is 9.59 Å². The van der Waals surface area contributed by atoms with E-state index in [0.717, 1.165) is 60.1 Å². The molecule has 5 nitrogen and oxygen atoms in total. The number of hydrogen-bond donors (Lipinski definition) is 1. The summed E-state index contributed by atoms with van der Waals surface area (Å²) in [4.78, 5) is 28.4. The minimum atomic E-state index is -0.603. The summed E-state index contributed by atoms with van der Waals surface area (Å²) in [5.74, 6) is -0.501. The molecule has 1 heterocycles. The highest BCUT2D eigenvalue weighted by atomic mass is 16.5. The first-order valence-corrected chi connectivity index (χ1v) is 11.4. The van der Waals surface area contributed by atoms with Gasteiger partial charge < -0.3 is 14.7 Å². The van der Waals surface area contributed by atoms with Crippen LogP contribution in [-0.4, -0.2) is 34.8 Å². The molecule has 32 heavy (non-hydrogen) atoms. The molecule has 0 spiro atoms. The molecule has 0 bridgehead atoms. The molecule has 168 valence electrons. The Balaban J connectivity index is 1.93. The number of aliphatic hydroxyl groups is 1. The van der Waals surface area contributed by atoms with Crippen molar-refractivity contribution in [3.63, 3.8) is 0 Å². The van der Waals surface area contributed by atoms with Crippen LogP contribution in [0.3, 0.4) is 0 Å². The first kappa shape index (κ1) is 22.1. The first-order chi connectivity index (χ1) is 15.3. The van der Waals surface area contributed by atoms with Gasteiger partial charge in [0.05, 0.1) is 18.7 Å². The molecule has 1 atom stereocenters. The van der Waals surface area contributed by atoms with E-state index in [4.69, 9.17) is 4.74 Å². The van der Waals surface area contributed by atoms with Crippen LogP contribution in [0, 0.1) is 20.8 Å². The van der Waals surface area contributed by atoms with Crippen LogP contribution in [0.25, 0.3) is 5.76 Å². The maximum absolute atomic E-state index is 13.4. The van der Waals surface area contributed by atoms with E-state index in [1.807, 2.05) is 57.2 Å². The fourth-order valence-corrected chi connectivity index (χ4v) is 5.19. The highest BCUT2D eigenvalue weighted by molar-refractivity contribution is 6.46. The average Bonchev–Trinajstić information content (AvgIpc) is 3.06. The molecule has 5 heteroatoms. The number of hydrogen-bond acceptors (Lipinski definition) is 4. The molecule has 2 aliphatic rings. The molecule has 2 aromatic carbocycles. The molecular formula is C27H31NO4. The topological polar surface area (TPSA) is 66.8 Å². The van der Waals surface area contributed by atoms with Gasteiger partial charge in [-0.2, -0.15) is 0 Å². The summed E-state index contributed by atoms with van der Waals surface area (Å²) in [6.45, 7) is 5.75. The second-order valence-electron chi connectivity index (χ2n) is 8.99. The van der Waals surface area contributed by atoms with Crippen molar-refractivity contribution in [2.24, 2.45) is 0 Å². The Bertz CT molecular complexity index is 1090. The number of carbonyl (C=O) groups excluding carboxylic acids is 2. The molecule has 2 aromatic rings. The van der Waals surface area contributed by atoms with E-state index in [1.54, 1.807) is 12.0 Å². The van der Waals surface area contributed by atoms with Crippen molar-refractivity contribution in [2.45, 2.75) is 65.0 Å². The van der Waals surface area contributed by atoms with Crippen LogP contribution in [0.1, 0.15) is 66.0 Å². The van der Waals surface area contributed by atoms with Crippen molar-refractivity contribution in [3.8, 4) is 5.75 Å². The molecule has 1 amide bonds. The molecule has 1 N–H and O–H groups in total. The molecule has 1 saturated carbocycles. The fourth-order valence-electron chi connectivity index (χ4n) is 5.19. The fraction of sp³-hybridized carbons (Fsp3) is 0.407. The molecule has 4 rings (SSSR count). The Labute approximate surface area is 189 Å². The lowest BCUT2D eigenvalue weighted by molar-refractivity contribution is -0.141. The number of aryl methyl sites for hydroxylation is 3. The monoisotopic (exact) mass is 433 g/mol. The predicted molar refractivity (Wildman–Crippen MR) is 125 cm³/mol. The van der Waals surface area contributed by atoms with Gasteiger partial charge in [-0.3, -0.25) is 9.59 Å². The standard InChI is InChI=1S/C27H31NO4/c1-16-10-8-9-13-20(16)24-23(25(29)21-14-18(3)22(32-4)15-17(21)2)26(30)27(31)28(24)19-11-6-5-7-12-19/h8-10,13-15,19,24,29H,5-7,11-12H2,1-4H3/b25-23+. The van der Waals surface area contributed by atoms with E-state index >= 15 is 0 Å². The van der Waals surface area contributed by atoms with Crippen LogP contribution >= 0.6 is 0 Å². The summed E-state index contributed by atoms with van der Waals surface area (Å²) in [5.41, 5.74) is 4.27. The second kappa shape index (κ2) is 8.81. The lowest BCUT2D eigenvalue weighted by Gasteiger charge is -2.36. The number of methoxy groups -OCH3 is 1. The normalized spacial score (nSPS) is 21.2. The van der Waals surface area contributed by atoms with Gasteiger partial charge in [0, 0.05) is 11.6 Å². The van der Waals surface area contributed by atoms with Crippen LogP contribution < -0.4 is 4.74 Å². The number of ether oxygens (including phenoxy) is 1. The minimum absolute atomic E-state index is 0.00815. The lowest BCUT2D eigenvalue weighted by Crippen LogP contribution is -2.40. The highest BCUT2D eigenvalue weighted by Crippen LogP contribution is 2.44. The summed E-state index contributed by atoms with van der Waals surface area (Å²) in [6, 6.07) is 10.9. The van der Waals surface area contributed by atoms with Gasteiger partial charge in [-0.05, 0) is 68.0 Å². The van der Waals surface area contributed by atoms with E-state index < -0.39 is 17.7 Å². The number of nitrogens with zero attached hydrogens (tertiary/aromatic N) is 1. The molecule has 1 saturated heterocycles. The van der Waals surface area contributed by atoms with Gasteiger partial charge >= 0.3 is 0 Å². The maximum atomic E-state index is 13.4. The third kappa shape index (κ3) is 3.70. The quantitative estimate of drug-likeness (QED) is 0.400. The number of Topliss-reactive ketones (excluding diaryl/α,β-unsaturated/α-hetero) is 1. The summed E-state index contributed by atoms with van der Waals surface area (Å²) < 4.78 is 5.40. The Morgan fingerprint density at radius 1 is 0.969 bits per heavy atom. The zero-order valence-electron chi connectivity index (χ0n) is 19.3. The van der Waals surface area contributed by atoms with Crippen LogP contribution in [0.2, 0.25) is 0 Å². The Morgan fingerprint density at radius 3 is 2.31 bits per heavy atom. The average molecular weight is 434 g/mol. The van der Waals surface area contributed by atoms with E-state index in [1.165, 1.54) is 0 Å². The molecule has 0 aromatic heterocycles. The van der Waals surface area contributed by atoms with Gasteiger partial charge in [-0.15, -0.1) is 0 Å². The van der Waals surface area contributed by atoms with Gasteiger partial charge in [0.1, 0.15) is 11.5 Å². The molecule has 1 aliphatic heterocycles. The summed E-state index contributed by atoms with van der Waals surface area (Å²) >= 11 is 0. The molecule has 0 radical (unpaired) electrons.